The van der Waals surface area contributed by atoms with Gasteiger partial charge >= 0.3 is 6.09 Å². The normalized spacial score (nSPS) is 23.0. The Labute approximate surface area is 275 Å². The Morgan fingerprint density at radius 2 is 1.87 bits per heavy atom. The van der Waals surface area contributed by atoms with E-state index in [9.17, 15) is 9.90 Å². The van der Waals surface area contributed by atoms with Crippen molar-refractivity contribution < 1.29 is 19.4 Å². The van der Waals surface area contributed by atoms with E-state index in [1.54, 1.807) is 4.90 Å². The van der Waals surface area contributed by atoms with E-state index in [0.29, 0.717) is 24.7 Å². The average Bonchev–Trinajstić information content (AvgIpc) is 3.79. The number of rotatable bonds is 10. The zero-order valence-corrected chi connectivity index (χ0v) is 28.7. The quantitative estimate of drug-likeness (QED) is 0.163. The van der Waals surface area contributed by atoms with E-state index in [-0.39, 0.29) is 24.4 Å². The first-order valence-corrected chi connectivity index (χ1v) is 20.5. The maximum absolute atomic E-state index is 11.8. The molecule has 7 heterocycles. The van der Waals surface area contributed by atoms with Gasteiger partial charge < -0.3 is 24.4 Å². The van der Waals surface area contributed by atoms with Gasteiger partial charge in [0.2, 0.25) is 0 Å². The van der Waals surface area contributed by atoms with E-state index in [1.807, 2.05) is 53.3 Å². The van der Waals surface area contributed by atoms with Crippen LogP contribution in [0.3, 0.4) is 0 Å². The summed E-state index contributed by atoms with van der Waals surface area (Å²) in [7, 11) is 0.789. The first kappa shape index (κ1) is 31.7. The summed E-state index contributed by atoms with van der Waals surface area (Å²) in [6.07, 6.45) is 13.4. The van der Waals surface area contributed by atoms with Gasteiger partial charge in [0.25, 0.3) is 0 Å². The summed E-state index contributed by atoms with van der Waals surface area (Å²) in [6.45, 7) is 8.78. The van der Waals surface area contributed by atoms with Gasteiger partial charge in [-0.25, -0.2) is 14.2 Å². The van der Waals surface area contributed by atoms with Gasteiger partial charge in [0, 0.05) is 75.4 Å². The first-order valence-electron chi connectivity index (χ1n) is 16.8. The highest BCUT2D eigenvalue weighted by Gasteiger charge is 2.44. The summed E-state index contributed by atoms with van der Waals surface area (Å²) >= 11 is 0. The number of aromatic nitrogens is 7. The van der Waals surface area contributed by atoms with Crippen molar-refractivity contribution >= 4 is 30.9 Å². The number of amides is 1. The summed E-state index contributed by atoms with van der Waals surface area (Å²) in [5, 5.41) is 29.3. The minimum atomic E-state index is -1.24. The van der Waals surface area contributed by atoms with Crippen molar-refractivity contribution in [2.75, 3.05) is 25.2 Å². The fraction of sp³-hybridized carbons (Fsp3) is 0.576. The van der Waals surface area contributed by atoms with Crippen molar-refractivity contribution in [2.45, 2.75) is 102 Å². The average molecular weight is 660 g/mol. The topological polar surface area (TPSA) is 137 Å². The first-order chi connectivity index (χ1) is 22.7. The number of hydrogen-bond acceptors (Lipinski definition) is 9. The van der Waals surface area contributed by atoms with Crippen LogP contribution in [0.2, 0.25) is 25.7 Å². The summed E-state index contributed by atoms with van der Waals surface area (Å²) in [5.74, 6) is 0.760. The highest BCUT2D eigenvalue weighted by molar-refractivity contribution is 6.76. The molecule has 0 radical (unpaired) electrons. The van der Waals surface area contributed by atoms with Crippen LogP contribution in [0, 0.1) is 0 Å². The molecule has 14 heteroatoms. The number of ether oxygens (including phenoxy) is 2. The third-order valence-electron chi connectivity index (χ3n) is 9.98. The Morgan fingerprint density at radius 3 is 2.55 bits per heavy atom. The smallest absolute Gasteiger partial charge is 0.407 e. The highest BCUT2D eigenvalue weighted by Crippen LogP contribution is 2.39. The number of carbonyl (C=O) groups is 1. The molecule has 250 valence electrons. The van der Waals surface area contributed by atoms with E-state index >= 15 is 0 Å². The Morgan fingerprint density at radius 1 is 1.06 bits per heavy atom. The van der Waals surface area contributed by atoms with E-state index in [1.165, 1.54) is 0 Å². The third-order valence-corrected chi connectivity index (χ3v) is 11.7. The number of anilines is 1. The van der Waals surface area contributed by atoms with Crippen LogP contribution < -0.4 is 4.90 Å². The molecule has 3 saturated heterocycles. The van der Waals surface area contributed by atoms with Crippen molar-refractivity contribution in [3.63, 3.8) is 0 Å². The monoisotopic (exact) mass is 659 g/mol. The molecule has 47 heavy (non-hydrogen) atoms. The minimum absolute atomic E-state index is 0.0467. The number of hydrogen-bond donors (Lipinski definition) is 1. The Bertz CT molecular complexity index is 1700. The second-order valence-electron chi connectivity index (χ2n) is 14.4. The van der Waals surface area contributed by atoms with E-state index < -0.39 is 14.2 Å². The summed E-state index contributed by atoms with van der Waals surface area (Å²) in [4.78, 5) is 20.5. The maximum Gasteiger partial charge on any atom is 0.407 e. The Hall–Kier alpha value is -3.88. The Balaban J connectivity index is 1.17. The molecule has 3 aliphatic rings. The van der Waals surface area contributed by atoms with Crippen LogP contribution in [0.25, 0.3) is 33.4 Å². The molecule has 4 aromatic rings. The number of piperidine rings is 1. The lowest BCUT2D eigenvalue weighted by Gasteiger charge is -2.41. The SMILES string of the molecule is CN(c1ccc(-c2ncc(-c3cnn(C4CCCCO4)c3)c3cnn(COCC[Si](C)(C)C)c23)nn1)C1C[C@H]2CC[C@@H](C1)N2C(=O)O. The van der Waals surface area contributed by atoms with Crippen LogP contribution in [-0.4, -0.2) is 97.3 Å². The maximum atomic E-state index is 11.8. The molecule has 1 N–H and O–H groups in total. The summed E-state index contributed by atoms with van der Waals surface area (Å²) < 4.78 is 15.9. The van der Waals surface area contributed by atoms with Gasteiger partial charge in [-0.05, 0) is 63.1 Å². The van der Waals surface area contributed by atoms with Gasteiger partial charge in [-0.15, -0.1) is 10.2 Å². The zero-order chi connectivity index (χ0) is 32.7. The van der Waals surface area contributed by atoms with Gasteiger partial charge in [0.05, 0.1) is 17.9 Å². The summed E-state index contributed by atoms with van der Waals surface area (Å²) in [5.41, 5.74) is 4.06. The second kappa shape index (κ2) is 13.0. The molecule has 3 aliphatic heterocycles. The van der Waals surface area contributed by atoms with Crippen molar-refractivity contribution in [1.82, 2.24) is 39.6 Å². The second-order valence-corrected chi connectivity index (χ2v) is 20.0. The molecule has 1 amide bonds. The van der Waals surface area contributed by atoms with E-state index in [0.717, 1.165) is 85.4 Å². The molecular formula is C33H45N9O4Si. The molecular weight excluding hydrogens is 615 g/mol. The molecule has 4 atom stereocenters. The van der Waals surface area contributed by atoms with Crippen molar-refractivity contribution in [3.8, 4) is 22.5 Å². The molecule has 3 fully saturated rings. The van der Waals surface area contributed by atoms with Gasteiger partial charge in [-0.2, -0.15) is 10.2 Å². The van der Waals surface area contributed by atoms with Crippen LogP contribution >= 0.6 is 0 Å². The fourth-order valence-corrected chi connectivity index (χ4v) is 8.06. The standard InChI is InChI=1S/C33H45N9O4Si/c1-39(25-15-23-8-9-24(16-25)42(23)33(43)44)29-11-10-28(37-38-29)31-32-27(19-36-41(32)21-45-13-14-47(2,3)4)26(18-34-31)22-17-35-40(20-22)30-7-5-6-12-46-30/h10-11,17-20,23-25,30H,5-9,12-16,21H2,1-4H3,(H,43,44)/t23-,24+,25?,30?. The molecule has 2 bridgehead atoms. The van der Waals surface area contributed by atoms with E-state index in [2.05, 4.69) is 39.8 Å². The predicted molar refractivity (Wildman–Crippen MR) is 181 cm³/mol. The number of carboxylic acid groups (broad SMARTS) is 1. The van der Waals surface area contributed by atoms with Gasteiger partial charge in [0.15, 0.2) is 5.82 Å². The fourth-order valence-electron chi connectivity index (χ4n) is 7.31. The number of pyridine rings is 1. The van der Waals surface area contributed by atoms with Crippen LogP contribution in [0.1, 0.15) is 51.2 Å². The lowest BCUT2D eigenvalue weighted by Crippen LogP contribution is -2.51. The van der Waals surface area contributed by atoms with Gasteiger partial charge in [-0.1, -0.05) is 19.6 Å². The van der Waals surface area contributed by atoms with Crippen LogP contribution in [0.5, 0.6) is 0 Å². The lowest BCUT2D eigenvalue weighted by molar-refractivity contribution is -0.0394. The summed E-state index contributed by atoms with van der Waals surface area (Å²) in [6, 6.07) is 5.36. The molecule has 0 aliphatic carbocycles. The highest BCUT2D eigenvalue weighted by atomic mass is 28.3. The Kier molecular flexibility index (Phi) is 8.74. The van der Waals surface area contributed by atoms with Crippen molar-refractivity contribution in [2.24, 2.45) is 0 Å². The van der Waals surface area contributed by atoms with Gasteiger partial charge in [-0.3, -0.25) is 4.98 Å². The van der Waals surface area contributed by atoms with Gasteiger partial charge in [0.1, 0.15) is 24.3 Å². The number of fused-ring (bicyclic) bond motifs is 3. The third kappa shape index (κ3) is 6.50. The van der Waals surface area contributed by atoms with Crippen molar-refractivity contribution in [1.29, 1.82) is 0 Å². The largest absolute Gasteiger partial charge is 0.465 e. The molecule has 4 aromatic heterocycles. The molecule has 7 rings (SSSR count). The van der Waals surface area contributed by atoms with E-state index in [4.69, 9.17) is 19.6 Å². The zero-order valence-electron chi connectivity index (χ0n) is 27.7. The molecule has 0 saturated carbocycles. The molecule has 0 aromatic carbocycles. The molecule has 0 spiro atoms. The molecule has 13 nitrogen and oxygen atoms in total. The number of nitrogens with zero attached hydrogens (tertiary/aromatic N) is 9. The van der Waals surface area contributed by atoms with Crippen molar-refractivity contribution in [3.05, 3.63) is 36.9 Å². The predicted octanol–water partition coefficient (Wildman–Crippen LogP) is 5.87. The van der Waals surface area contributed by atoms with Crippen LogP contribution in [0.15, 0.2) is 36.9 Å². The lowest BCUT2D eigenvalue weighted by atomic mass is 9.96. The van der Waals surface area contributed by atoms with Crippen LogP contribution in [-0.2, 0) is 16.2 Å². The molecule has 2 unspecified atom stereocenters. The minimum Gasteiger partial charge on any atom is -0.465 e. The van der Waals surface area contributed by atoms with Crippen LogP contribution in [0.4, 0.5) is 10.6 Å².